The number of likely N-dealkylation sites (N-methyl/N-ethyl adjacent to an activating group) is 1. The van der Waals surface area contributed by atoms with Crippen LogP contribution in [0.1, 0.15) is 11.1 Å². The average Bonchev–Trinajstić information content (AvgIpc) is 2.37. The summed E-state index contributed by atoms with van der Waals surface area (Å²) in [6.07, 6.45) is 6.42. The molecule has 0 unspecified atom stereocenters. The van der Waals surface area contributed by atoms with Crippen LogP contribution in [0.15, 0.2) is 36.8 Å². The van der Waals surface area contributed by atoms with Gasteiger partial charge in [-0.15, -0.1) is 0 Å². The number of nitrogen functional groups attached to an aromatic ring is 1. The molecule has 0 aromatic carbocycles. The molecule has 2 aromatic heterocycles. The fourth-order valence-electron chi connectivity index (χ4n) is 1.86. The first-order chi connectivity index (χ1) is 8.66. The van der Waals surface area contributed by atoms with Crippen molar-refractivity contribution in [2.75, 3.05) is 24.2 Å². The van der Waals surface area contributed by atoms with Crippen molar-refractivity contribution in [1.29, 1.82) is 0 Å². The summed E-state index contributed by atoms with van der Waals surface area (Å²) >= 11 is 0. The third-order valence-electron chi connectivity index (χ3n) is 2.88. The van der Waals surface area contributed by atoms with Crippen LogP contribution < -0.4 is 10.6 Å². The Kier molecular flexibility index (Phi) is 3.77. The second kappa shape index (κ2) is 5.49. The largest absolute Gasteiger partial charge is 0.396 e. The van der Waals surface area contributed by atoms with Gasteiger partial charge < -0.3 is 10.6 Å². The zero-order valence-electron chi connectivity index (χ0n) is 10.8. The van der Waals surface area contributed by atoms with Gasteiger partial charge >= 0.3 is 0 Å². The first kappa shape index (κ1) is 12.4. The summed E-state index contributed by atoms with van der Waals surface area (Å²) < 4.78 is 0. The summed E-state index contributed by atoms with van der Waals surface area (Å²) in [6.45, 7) is 2.87. The van der Waals surface area contributed by atoms with Crippen LogP contribution >= 0.6 is 0 Å². The molecule has 2 aromatic rings. The van der Waals surface area contributed by atoms with Gasteiger partial charge in [0.25, 0.3) is 0 Å². The SMILES string of the molecule is Cc1cnc(N(C)CCc2ccncc2)c(N)c1. The van der Waals surface area contributed by atoms with Crippen LogP contribution in [0.2, 0.25) is 0 Å². The molecule has 0 radical (unpaired) electrons. The summed E-state index contributed by atoms with van der Waals surface area (Å²) in [6, 6.07) is 6.00. The molecular formula is C14H18N4. The van der Waals surface area contributed by atoms with E-state index in [1.165, 1.54) is 5.56 Å². The Balaban J connectivity index is 2.01. The molecule has 4 nitrogen and oxygen atoms in total. The fourth-order valence-corrected chi connectivity index (χ4v) is 1.86. The first-order valence-corrected chi connectivity index (χ1v) is 5.99. The zero-order chi connectivity index (χ0) is 13.0. The highest BCUT2D eigenvalue weighted by molar-refractivity contribution is 5.62. The Morgan fingerprint density at radius 2 is 2.00 bits per heavy atom. The van der Waals surface area contributed by atoms with Crippen molar-refractivity contribution in [1.82, 2.24) is 9.97 Å². The van der Waals surface area contributed by atoms with Crippen LogP contribution in [0.3, 0.4) is 0 Å². The van der Waals surface area contributed by atoms with Crippen LogP contribution in [0.25, 0.3) is 0 Å². The molecule has 0 amide bonds. The Hall–Kier alpha value is -2.10. The van der Waals surface area contributed by atoms with Crippen molar-refractivity contribution >= 4 is 11.5 Å². The molecule has 4 heteroatoms. The molecule has 94 valence electrons. The Bertz CT molecular complexity index is 510. The van der Waals surface area contributed by atoms with Gasteiger partial charge in [-0.25, -0.2) is 4.98 Å². The highest BCUT2D eigenvalue weighted by atomic mass is 15.2. The quantitative estimate of drug-likeness (QED) is 0.891. The average molecular weight is 242 g/mol. The highest BCUT2D eigenvalue weighted by Gasteiger charge is 2.07. The van der Waals surface area contributed by atoms with Crippen molar-refractivity contribution in [2.45, 2.75) is 13.3 Å². The van der Waals surface area contributed by atoms with Gasteiger partial charge in [-0.05, 0) is 42.7 Å². The lowest BCUT2D eigenvalue weighted by molar-refractivity contribution is 0.859. The van der Waals surface area contributed by atoms with E-state index < -0.39 is 0 Å². The summed E-state index contributed by atoms with van der Waals surface area (Å²) in [5, 5.41) is 0. The summed E-state index contributed by atoms with van der Waals surface area (Å²) in [5.41, 5.74) is 9.05. The topological polar surface area (TPSA) is 55.0 Å². The van der Waals surface area contributed by atoms with Gasteiger partial charge in [0.05, 0.1) is 5.69 Å². The predicted octanol–water partition coefficient (Wildman–Crippen LogP) is 2.05. The maximum absolute atomic E-state index is 5.98. The number of aryl methyl sites for hydroxylation is 1. The third kappa shape index (κ3) is 2.97. The molecule has 0 saturated carbocycles. The van der Waals surface area contributed by atoms with Crippen LogP contribution in [-0.4, -0.2) is 23.6 Å². The Labute approximate surface area is 107 Å². The van der Waals surface area contributed by atoms with Crippen molar-refractivity contribution < 1.29 is 0 Å². The van der Waals surface area contributed by atoms with E-state index in [9.17, 15) is 0 Å². The number of rotatable bonds is 4. The number of aromatic nitrogens is 2. The third-order valence-corrected chi connectivity index (χ3v) is 2.88. The van der Waals surface area contributed by atoms with Gasteiger partial charge in [-0.3, -0.25) is 4.98 Å². The molecule has 2 heterocycles. The van der Waals surface area contributed by atoms with E-state index in [0.29, 0.717) is 0 Å². The molecule has 0 bridgehead atoms. The standard InChI is InChI=1S/C14H18N4/c1-11-9-13(15)14(17-10-11)18(2)8-5-12-3-6-16-7-4-12/h3-4,6-7,9-10H,5,8,15H2,1-2H3. The molecule has 0 aliphatic carbocycles. The van der Waals surface area contributed by atoms with Crippen LogP contribution in [0.5, 0.6) is 0 Å². The molecule has 0 aliphatic rings. The van der Waals surface area contributed by atoms with E-state index in [1.54, 1.807) is 0 Å². The van der Waals surface area contributed by atoms with Crippen LogP contribution in [-0.2, 0) is 6.42 Å². The maximum atomic E-state index is 5.98. The number of hydrogen-bond acceptors (Lipinski definition) is 4. The van der Waals surface area contributed by atoms with Crippen molar-refractivity contribution in [3.63, 3.8) is 0 Å². The molecule has 0 atom stereocenters. The van der Waals surface area contributed by atoms with E-state index in [1.807, 2.05) is 50.8 Å². The minimum absolute atomic E-state index is 0.729. The van der Waals surface area contributed by atoms with Crippen molar-refractivity contribution in [3.05, 3.63) is 47.9 Å². The van der Waals surface area contributed by atoms with E-state index >= 15 is 0 Å². The van der Waals surface area contributed by atoms with E-state index in [4.69, 9.17) is 5.73 Å². The Morgan fingerprint density at radius 1 is 1.28 bits per heavy atom. The highest BCUT2D eigenvalue weighted by Crippen LogP contribution is 2.19. The van der Waals surface area contributed by atoms with Gasteiger partial charge in [-0.2, -0.15) is 0 Å². The van der Waals surface area contributed by atoms with Gasteiger partial charge in [0, 0.05) is 32.2 Å². The van der Waals surface area contributed by atoms with Crippen molar-refractivity contribution in [3.8, 4) is 0 Å². The minimum Gasteiger partial charge on any atom is -0.396 e. The number of hydrogen-bond donors (Lipinski definition) is 1. The monoisotopic (exact) mass is 242 g/mol. The summed E-state index contributed by atoms with van der Waals surface area (Å²) in [7, 11) is 2.01. The second-order valence-corrected chi connectivity index (χ2v) is 4.45. The fraction of sp³-hybridized carbons (Fsp3) is 0.286. The van der Waals surface area contributed by atoms with E-state index in [-0.39, 0.29) is 0 Å². The number of nitrogens with zero attached hydrogens (tertiary/aromatic N) is 3. The number of nitrogens with two attached hydrogens (primary N) is 1. The van der Waals surface area contributed by atoms with Gasteiger partial charge in [0.15, 0.2) is 5.82 Å². The predicted molar refractivity (Wildman–Crippen MR) is 74.6 cm³/mol. The Morgan fingerprint density at radius 3 is 2.67 bits per heavy atom. The lowest BCUT2D eigenvalue weighted by Gasteiger charge is -2.20. The molecular weight excluding hydrogens is 224 g/mol. The normalized spacial score (nSPS) is 10.3. The smallest absolute Gasteiger partial charge is 0.151 e. The van der Waals surface area contributed by atoms with E-state index in [2.05, 4.69) is 14.9 Å². The first-order valence-electron chi connectivity index (χ1n) is 5.99. The molecule has 2 N–H and O–H groups in total. The van der Waals surface area contributed by atoms with E-state index in [0.717, 1.165) is 30.0 Å². The zero-order valence-corrected chi connectivity index (χ0v) is 10.8. The minimum atomic E-state index is 0.729. The molecule has 0 aliphatic heterocycles. The second-order valence-electron chi connectivity index (χ2n) is 4.45. The maximum Gasteiger partial charge on any atom is 0.151 e. The van der Waals surface area contributed by atoms with Gasteiger partial charge in [0.1, 0.15) is 0 Å². The van der Waals surface area contributed by atoms with Crippen molar-refractivity contribution in [2.24, 2.45) is 0 Å². The van der Waals surface area contributed by atoms with Crippen LogP contribution in [0.4, 0.5) is 11.5 Å². The lowest BCUT2D eigenvalue weighted by atomic mass is 10.2. The molecule has 0 spiro atoms. The van der Waals surface area contributed by atoms with Gasteiger partial charge in [0.2, 0.25) is 0 Å². The molecule has 0 fully saturated rings. The van der Waals surface area contributed by atoms with Gasteiger partial charge in [-0.1, -0.05) is 0 Å². The molecule has 18 heavy (non-hydrogen) atoms. The van der Waals surface area contributed by atoms with Crippen LogP contribution in [0, 0.1) is 6.92 Å². The summed E-state index contributed by atoms with van der Waals surface area (Å²) in [4.78, 5) is 10.5. The number of anilines is 2. The molecule has 0 saturated heterocycles. The summed E-state index contributed by atoms with van der Waals surface area (Å²) in [5.74, 6) is 0.842. The lowest BCUT2D eigenvalue weighted by Crippen LogP contribution is -2.22. The number of pyridine rings is 2. The molecule has 2 rings (SSSR count).